The largest absolute Gasteiger partial charge is 0.394 e. The number of aliphatic hydroxyl groups is 4. The van der Waals surface area contributed by atoms with Gasteiger partial charge in [-0.1, -0.05) is 26.2 Å². The second kappa shape index (κ2) is 11.4. The van der Waals surface area contributed by atoms with Gasteiger partial charge in [0.2, 0.25) is 5.91 Å². The molecule has 6 aliphatic rings. The summed E-state index contributed by atoms with van der Waals surface area (Å²) in [7, 11) is 0. The summed E-state index contributed by atoms with van der Waals surface area (Å²) in [6.45, 7) is 5.43. The van der Waals surface area contributed by atoms with Gasteiger partial charge in [-0.15, -0.1) is 0 Å². The van der Waals surface area contributed by atoms with Gasteiger partial charge in [0, 0.05) is 18.0 Å². The average Bonchev–Trinajstić information content (AvgIpc) is 2.97. The van der Waals surface area contributed by atoms with E-state index in [-0.39, 0.29) is 23.0 Å². The molecule has 0 spiro atoms. The third kappa shape index (κ3) is 4.86. The lowest BCUT2D eigenvalue weighted by atomic mass is 9.45. The van der Waals surface area contributed by atoms with Gasteiger partial charge in [-0.2, -0.15) is 0 Å². The van der Waals surface area contributed by atoms with Crippen LogP contribution < -0.4 is 0 Å². The van der Waals surface area contributed by atoms with Crippen molar-refractivity contribution in [2.24, 2.45) is 35.0 Å². The third-order valence-corrected chi connectivity index (χ3v) is 12.9. The molecule has 8 nitrogen and oxygen atoms in total. The molecule has 8 heteroatoms. The lowest BCUT2D eigenvalue weighted by Crippen LogP contribution is -2.65. The highest BCUT2D eigenvalue weighted by molar-refractivity contribution is 5.80. The first-order valence-electron chi connectivity index (χ1n) is 16.4. The second-order valence-electron chi connectivity index (χ2n) is 14.7. The molecule has 5 unspecified atom stereocenters. The van der Waals surface area contributed by atoms with E-state index >= 15 is 0 Å². The number of carbonyl (C=O) groups is 1. The van der Waals surface area contributed by atoms with Crippen LogP contribution in [0.25, 0.3) is 0 Å². The van der Waals surface area contributed by atoms with Crippen LogP contribution in [0.1, 0.15) is 104 Å². The number of amides is 1. The summed E-state index contributed by atoms with van der Waals surface area (Å²) < 4.78 is 11.9. The van der Waals surface area contributed by atoms with E-state index in [1.165, 1.54) is 38.5 Å². The number of likely N-dealkylation sites (tertiary alicyclic amines) is 1. The zero-order chi connectivity index (χ0) is 28.2. The highest BCUT2D eigenvalue weighted by Gasteiger charge is 2.60. The number of nitrogens with zero attached hydrogens (tertiary/aromatic N) is 1. The predicted octanol–water partition coefficient (Wildman–Crippen LogP) is 3.38. The number of hydrogen-bond donors (Lipinski definition) is 4. The number of rotatable bonds is 4. The number of carbonyl (C=O) groups excluding carboxylic acids is 1. The van der Waals surface area contributed by atoms with Gasteiger partial charge >= 0.3 is 0 Å². The molecular formula is C32H53NO7. The molecule has 6 rings (SSSR count). The fourth-order valence-electron chi connectivity index (χ4n) is 10.5. The Morgan fingerprint density at radius 3 is 2.40 bits per heavy atom. The van der Waals surface area contributed by atoms with E-state index in [2.05, 4.69) is 18.7 Å². The van der Waals surface area contributed by atoms with Crippen molar-refractivity contribution < 1.29 is 34.7 Å². The van der Waals surface area contributed by atoms with E-state index in [1.54, 1.807) is 0 Å². The fourth-order valence-corrected chi connectivity index (χ4v) is 10.5. The highest BCUT2D eigenvalue weighted by atomic mass is 16.7. The van der Waals surface area contributed by atoms with Gasteiger partial charge in [0.15, 0.2) is 6.29 Å². The molecule has 0 aromatic rings. The van der Waals surface area contributed by atoms with E-state index in [0.29, 0.717) is 29.6 Å². The second-order valence-corrected chi connectivity index (χ2v) is 14.7. The van der Waals surface area contributed by atoms with Gasteiger partial charge in [0.05, 0.1) is 12.7 Å². The van der Waals surface area contributed by atoms with Crippen LogP contribution in [0.2, 0.25) is 0 Å². The van der Waals surface area contributed by atoms with Crippen LogP contribution in [0, 0.1) is 35.0 Å². The van der Waals surface area contributed by atoms with Crippen LogP contribution in [-0.4, -0.2) is 86.7 Å². The van der Waals surface area contributed by atoms with E-state index in [9.17, 15) is 25.2 Å². The predicted molar refractivity (Wildman–Crippen MR) is 149 cm³/mol. The number of fused-ring (bicyclic) bond motifs is 5. The number of hydrogen-bond acceptors (Lipinski definition) is 7. The molecule has 4 saturated carbocycles. The first-order valence-corrected chi connectivity index (χ1v) is 16.4. The zero-order valence-corrected chi connectivity index (χ0v) is 24.6. The monoisotopic (exact) mass is 563 g/mol. The minimum atomic E-state index is -1.41. The molecule has 4 aliphatic carbocycles. The van der Waals surface area contributed by atoms with Crippen LogP contribution in [0.15, 0.2) is 0 Å². The zero-order valence-electron chi connectivity index (χ0n) is 24.6. The average molecular weight is 564 g/mol. The Labute approximate surface area is 239 Å². The molecule has 40 heavy (non-hydrogen) atoms. The Balaban J connectivity index is 1.12. The van der Waals surface area contributed by atoms with Gasteiger partial charge < -0.3 is 34.8 Å². The van der Waals surface area contributed by atoms with Crippen molar-refractivity contribution >= 4 is 5.91 Å². The van der Waals surface area contributed by atoms with E-state index in [4.69, 9.17) is 9.47 Å². The van der Waals surface area contributed by atoms with Crippen LogP contribution in [-0.2, 0) is 14.3 Å². The van der Waals surface area contributed by atoms with Gasteiger partial charge in [-0.3, -0.25) is 4.79 Å². The molecule has 0 aromatic heterocycles. The Bertz CT molecular complexity index is 910. The van der Waals surface area contributed by atoms with Gasteiger partial charge in [0.1, 0.15) is 24.4 Å². The van der Waals surface area contributed by atoms with Gasteiger partial charge in [0.25, 0.3) is 0 Å². The summed E-state index contributed by atoms with van der Waals surface area (Å²) in [5, 5.41) is 40.4. The summed E-state index contributed by atoms with van der Waals surface area (Å²) in [4.78, 5) is 16.2. The molecule has 2 saturated heterocycles. The van der Waals surface area contributed by atoms with Crippen molar-refractivity contribution in [1.82, 2.24) is 4.90 Å². The summed E-state index contributed by atoms with van der Waals surface area (Å²) in [5.41, 5.74) is 0.246. The van der Waals surface area contributed by atoms with Crippen molar-refractivity contribution in [2.75, 3.05) is 13.2 Å². The van der Waals surface area contributed by atoms with Crippen LogP contribution in [0.4, 0.5) is 0 Å². The Morgan fingerprint density at radius 1 is 0.875 bits per heavy atom. The van der Waals surface area contributed by atoms with Gasteiger partial charge in [-0.05, 0) is 107 Å². The van der Waals surface area contributed by atoms with Crippen molar-refractivity contribution in [3.63, 3.8) is 0 Å². The minimum Gasteiger partial charge on any atom is -0.394 e. The third-order valence-electron chi connectivity index (χ3n) is 12.9. The van der Waals surface area contributed by atoms with E-state index in [0.717, 1.165) is 57.9 Å². The topological polar surface area (TPSA) is 120 Å². The summed E-state index contributed by atoms with van der Waals surface area (Å²) in [6.07, 6.45) is 9.57. The van der Waals surface area contributed by atoms with E-state index < -0.39 is 37.3 Å². The van der Waals surface area contributed by atoms with Gasteiger partial charge in [-0.25, -0.2) is 0 Å². The molecule has 4 N–H and O–H groups in total. The first-order chi connectivity index (χ1) is 19.2. The number of piperidine rings is 1. The maximum Gasteiger partial charge on any atom is 0.226 e. The standard InChI is InChI=1S/C32H53NO7/c1-31-14-12-21(39-30-28(37)27(36)26(35)25(18-34)40-30)17-20(31)10-11-22-23(31)13-15-32(2)24(22)9-6-16-33(32)29(38)19-7-4-3-5-8-19/h19-28,30,34-37H,3-18H2,1-2H3/t20?,21?,22?,23-,24-,25+,26+,27?,28+,30+,31?,32-/m0/s1. The quantitative estimate of drug-likeness (QED) is 0.387. The molecular weight excluding hydrogens is 510 g/mol. The Kier molecular flexibility index (Phi) is 8.34. The van der Waals surface area contributed by atoms with E-state index in [1.807, 2.05) is 0 Å². The lowest BCUT2D eigenvalue weighted by molar-refractivity contribution is -0.316. The summed E-state index contributed by atoms with van der Waals surface area (Å²) in [6, 6.07) is 0. The van der Waals surface area contributed by atoms with Crippen molar-refractivity contribution in [2.45, 2.75) is 146 Å². The van der Waals surface area contributed by atoms with Crippen LogP contribution in [0.5, 0.6) is 0 Å². The first kappa shape index (κ1) is 29.3. The lowest BCUT2D eigenvalue weighted by Gasteiger charge is -2.64. The summed E-state index contributed by atoms with van der Waals surface area (Å²) >= 11 is 0. The molecule has 228 valence electrons. The van der Waals surface area contributed by atoms with Crippen LogP contribution >= 0.6 is 0 Å². The van der Waals surface area contributed by atoms with Crippen molar-refractivity contribution in [3.05, 3.63) is 0 Å². The molecule has 1 amide bonds. The minimum absolute atomic E-state index is 0.000560. The normalized spacial score (nSPS) is 50.0. The Hall–Kier alpha value is -0.770. The molecule has 0 aromatic carbocycles. The SMILES string of the molecule is CC12CCC(O[C@@H]3O[C@H](CO)[C@@H](O)C(O)[C@H]3O)CC1CCC1[C@@H]2CC[C@@]2(C)[C@H]1CCCN2C(=O)C1CCCCC1. The molecule has 6 fully saturated rings. The number of aliphatic hydroxyl groups excluding tert-OH is 4. The van der Waals surface area contributed by atoms with Crippen molar-refractivity contribution in [1.29, 1.82) is 0 Å². The van der Waals surface area contributed by atoms with Crippen LogP contribution in [0.3, 0.4) is 0 Å². The highest BCUT2D eigenvalue weighted by Crippen LogP contribution is 2.63. The summed E-state index contributed by atoms with van der Waals surface area (Å²) in [5.74, 6) is 3.16. The molecule has 2 aliphatic heterocycles. The fraction of sp³-hybridized carbons (Fsp3) is 0.969. The van der Waals surface area contributed by atoms with Crippen molar-refractivity contribution in [3.8, 4) is 0 Å². The molecule has 0 bridgehead atoms. The maximum atomic E-state index is 13.8. The molecule has 0 radical (unpaired) electrons. The molecule has 12 atom stereocenters. The number of ether oxygens (including phenoxy) is 2. The maximum absolute atomic E-state index is 13.8. The molecule has 2 heterocycles. The Morgan fingerprint density at radius 2 is 1.65 bits per heavy atom. The smallest absolute Gasteiger partial charge is 0.226 e.